The molecule has 2 aromatic carbocycles. The van der Waals surface area contributed by atoms with Crippen LogP contribution in [0.3, 0.4) is 0 Å². The highest BCUT2D eigenvalue weighted by Gasteiger charge is 2.65. The number of aliphatic hydroxyl groups excluding tert-OH is 1. The summed E-state index contributed by atoms with van der Waals surface area (Å²) in [5, 5.41) is 22.6. The van der Waals surface area contributed by atoms with Crippen molar-refractivity contribution in [2.24, 2.45) is 5.41 Å². The van der Waals surface area contributed by atoms with Crippen LogP contribution in [-0.4, -0.2) is 52.4 Å². The highest BCUT2D eigenvalue weighted by Crippen LogP contribution is 2.66. The van der Waals surface area contributed by atoms with Crippen molar-refractivity contribution in [1.29, 1.82) is 0 Å². The Morgan fingerprint density at radius 3 is 2.59 bits per heavy atom. The van der Waals surface area contributed by atoms with E-state index in [2.05, 4.69) is 11.6 Å². The van der Waals surface area contributed by atoms with Crippen LogP contribution in [0.5, 0.6) is 0 Å². The lowest BCUT2D eigenvalue weighted by molar-refractivity contribution is -0.143. The summed E-state index contributed by atoms with van der Waals surface area (Å²) in [7, 11) is 0. The smallest absolute Gasteiger partial charge is 0.257 e. The van der Waals surface area contributed by atoms with Crippen LogP contribution in [0.15, 0.2) is 67.4 Å². The monoisotopic (exact) mass is 594 g/mol. The van der Waals surface area contributed by atoms with Gasteiger partial charge in [-0.3, -0.25) is 14.7 Å². The van der Waals surface area contributed by atoms with Crippen LogP contribution in [0.2, 0.25) is 10.0 Å². The molecule has 1 aromatic heterocycles. The number of nitrogens with zero attached hydrogens (tertiary/aromatic N) is 2. The van der Waals surface area contributed by atoms with Gasteiger partial charge in [-0.15, -0.1) is 6.58 Å². The molecule has 0 radical (unpaired) electrons. The number of hydrogen-bond donors (Lipinski definition) is 2. The molecule has 2 aliphatic heterocycles. The third-order valence-corrected chi connectivity index (χ3v) is 9.08. The van der Waals surface area contributed by atoms with Gasteiger partial charge in [0.1, 0.15) is 6.04 Å². The quantitative estimate of drug-likeness (QED) is 0.243. The SMILES string of the molecule is C=CCOC[C@@H](c1ccc(Cl)cn1)N1C(=O)c2cc(C(C)(C)O)cc3c2[C@@]1(c1ccc(Cl)cc1)OCC1(CO)CC31. The second-order valence-electron chi connectivity index (χ2n) is 11.7. The van der Waals surface area contributed by atoms with Crippen molar-refractivity contribution in [3.63, 3.8) is 0 Å². The Labute approximate surface area is 249 Å². The standard InChI is InChI=1S/C32H32Cl2N2O5/c1-4-11-40-16-27(26-10-9-22(34)15-35-26)36-29(38)24-13-20(30(2,3)39)12-23-25-14-31(25,17-37)18-41-32(36,28(23)24)19-5-7-21(33)8-6-19/h4-10,12-13,15,25,27,37,39H,1,11,14,16-18H2,2-3H3/t25?,27-,31?,32+/m0/s1. The van der Waals surface area contributed by atoms with E-state index in [1.54, 1.807) is 61.4 Å². The fourth-order valence-electron chi connectivity index (χ4n) is 6.33. The number of carbonyl (C=O) groups is 1. The van der Waals surface area contributed by atoms with E-state index in [1.807, 2.05) is 18.2 Å². The maximum absolute atomic E-state index is 14.7. The molecule has 2 unspecified atom stereocenters. The molecule has 1 saturated carbocycles. The molecule has 41 heavy (non-hydrogen) atoms. The molecule has 1 amide bonds. The van der Waals surface area contributed by atoms with Crippen LogP contribution in [0.25, 0.3) is 0 Å². The van der Waals surface area contributed by atoms with Gasteiger partial charge < -0.3 is 19.7 Å². The number of benzene rings is 2. The lowest BCUT2D eigenvalue weighted by atomic mass is 9.83. The molecule has 214 valence electrons. The van der Waals surface area contributed by atoms with E-state index in [0.717, 1.165) is 17.5 Å². The zero-order valence-corrected chi connectivity index (χ0v) is 24.5. The van der Waals surface area contributed by atoms with Crippen LogP contribution in [0, 0.1) is 5.41 Å². The molecule has 3 aliphatic rings. The summed E-state index contributed by atoms with van der Waals surface area (Å²) in [6.07, 6.45) is 3.92. The number of carbonyl (C=O) groups excluding carboxylic acids is 1. The van der Waals surface area contributed by atoms with Crippen LogP contribution < -0.4 is 0 Å². The second kappa shape index (κ2) is 10.2. The first-order valence-electron chi connectivity index (χ1n) is 13.6. The first kappa shape index (κ1) is 28.3. The molecule has 0 bridgehead atoms. The van der Waals surface area contributed by atoms with E-state index in [0.29, 0.717) is 32.4 Å². The largest absolute Gasteiger partial charge is 0.396 e. The van der Waals surface area contributed by atoms with E-state index < -0.39 is 22.8 Å². The summed E-state index contributed by atoms with van der Waals surface area (Å²) < 4.78 is 12.9. The average Bonchev–Trinajstić information content (AvgIpc) is 3.64. The molecular formula is C32H32Cl2N2O5. The number of halogens is 2. The lowest BCUT2D eigenvalue weighted by Crippen LogP contribution is -2.50. The van der Waals surface area contributed by atoms with Gasteiger partial charge in [0.05, 0.1) is 42.7 Å². The molecule has 2 N–H and O–H groups in total. The van der Waals surface area contributed by atoms with E-state index >= 15 is 0 Å². The van der Waals surface area contributed by atoms with Gasteiger partial charge >= 0.3 is 0 Å². The fraction of sp³-hybridized carbons (Fsp3) is 0.375. The molecule has 7 nitrogen and oxygen atoms in total. The molecule has 4 atom stereocenters. The van der Waals surface area contributed by atoms with Crippen molar-refractivity contribution in [2.75, 3.05) is 26.4 Å². The first-order chi connectivity index (χ1) is 19.6. The first-order valence-corrected chi connectivity index (χ1v) is 14.4. The Morgan fingerprint density at radius 2 is 1.95 bits per heavy atom. The minimum atomic E-state index is -1.37. The number of pyridine rings is 1. The summed E-state index contributed by atoms with van der Waals surface area (Å²) in [5.74, 6) is -0.307. The van der Waals surface area contributed by atoms with E-state index in [9.17, 15) is 15.0 Å². The molecule has 1 fully saturated rings. The third-order valence-electron chi connectivity index (χ3n) is 8.60. The fourth-order valence-corrected chi connectivity index (χ4v) is 6.57. The summed E-state index contributed by atoms with van der Waals surface area (Å²) in [5.41, 5.74) is 0.909. The Morgan fingerprint density at radius 1 is 1.22 bits per heavy atom. The van der Waals surface area contributed by atoms with Crippen LogP contribution >= 0.6 is 23.2 Å². The van der Waals surface area contributed by atoms with Crippen molar-refractivity contribution in [1.82, 2.24) is 9.88 Å². The predicted molar refractivity (Wildman–Crippen MR) is 156 cm³/mol. The lowest BCUT2D eigenvalue weighted by Gasteiger charge is -2.43. The van der Waals surface area contributed by atoms with Gasteiger partial charge in [0.2, 0.25) is 0 Å². The topological polar surface area (TPSA) is 92.1 Å². The molecule has 6 rings (SSSR count). The minimum absolute atomic E-state index is 0.0328. The zero-order valence-electron chi connectivity index (χ0n) is 22.9. The van der Waals surface area contributed by atoms with Crippen LogP contribution in [0.1, 0.15) is 70.5 Å². The van der Waals surface area contributed by atoms with E-state index in [4.69, 9.17) is 32.7 Å². The Kier molecular flexibility index (Phi) is 7.05. The number of fused-ring (bicyclic) bond motifs is 2. The Bertz CT molecular complexity index is 1500. The number of aliphatic hydroxyl groups is 2. The molecule has 1 aliphatic carbocycles. The second-order valence-corrected chi connectivity index (χ2v) is 12.6. The van der Waals surface area contributed by atoms with Gasteiger partial charge in [0.15, 0.2) is 5.72 Å². The number of hydrogen-bond acceptors (Lipinski definition) is 6. The van der Waals surface area contributed by atoms with Gasteiger partial charge in [0, 0.05) is 33.3 Å². The summed E-state index contributed by atoms with van der Waals surface area (Å²) in [6, 6.07) is 13.9. The Hall–Kier alpha value is -2.78. The van der Waals surface area contributed by atoms with Crippen LogP contribution in [0.4, 0.5) is 0 Å². The number of rotatable bonds is 9. The highest BCUT2D eigenvalue weighted by atomic mass is 35.5. The molecule has 0 saturated heterocycles. The van der Waals surface area contributed by atoms with E-state index in [1.165, 1.54) is 0 Å². The van der Waals surface area contributed by atoms with Crippen molar-refractivity contribution in [3.8, 4) is 0 Å². The summed E-state index contributed by atoms with van der Waals surface area (Å²) >= 11 is 12.5. The van der Waals surface area contributed by atoms with Crippen molar-refractivity contribution in [3.05, 3.63) is 111 Å². The number of aromatic nitrogens is 1. The number of amides is 1. The van der Waals surface area contributed by atoms with E-state index in [-0.39, 0.29) is 38.3 Å². The zero-order chi connectivity index (χ0) is 29.2. The molecule has 3 heterocycles. The van der Waals surface area contributed by atoms with Gasteiger partial charge in [-0.2, -0.15) is 0 Å². The number of ether oxygens (including phenoxy) is 2. The molecular weight excluding hydrogens is 563 g/mol. The normalized spacial score (nSPS) is 25.4. The van der Waals surface area contributed by atoms with Crippen molar-refractivity contribution < 1.29 is 24.5 Å². The maximum Gasteiger partial charge on any atom is 0.257 e. The molecule has 0 spiro atoms. The maximum atomic E-state index is 14.7. The van der Waals surface area contributed by atoms with Gasteiger partial charge in [0.25, 0.3) is 5.91 Å². The molecule has 3 aromatic rings. The summed E-state index contributed by atoms with van der Waals surface area (Å²) in [4.78, 5) is 21.0. The van der Waals surface area contributed by atoms with Gasteiger partial charge in [-0.25, -0.2) is 0 Å². The predicted octanol–water partition coefficient (Wildman–Crippen LogP) is 5.71. The van der Waals surface area contributed by atoms with Crippen LogP contribution in [-0.2, 0) is 20.8 Å². The van der Waals surface area contributed by atoms with Crippen molar-refractivity contribution in [2.45, 2.75) is 43.6 Å². The molecule has 9 heteroatoms. The average molecular weight is 596 g/mol. The van der Waals surface area contributed by atoms with Gasteiger partial charge in [-0.05, 0) is 67.6 Å². The third kappa shape index (κ3) is 4.51. The Balaban J connectivity index is 1.65. The minimum Gasteiger partial charge on any atom is -0.396 e. The summed E-state index contributed by atoms with van der Waals surface area (Å²) in [6.45, 7) is 7.71. The highest BCUT2D eigenvalue weighted by molar-refractivity contribution is 6.30. The van der Waals surface area contributed by atoms with Crippen molar-refractivity contribution >= 4 is 29.1 Å². The van der Waals surface area contributed by atoms with Gasteiger partial charge in [-0.1, -0.05) is 47.5 Å².